The zero-order chi connectivity index (χ0) is 14.7. The lowest BCUT2D eigenvalue weighted by molar-refractivity contribution is 0.102. The van der Waals surface area contributed by atoms with Crippen molar-refractivity contribution in [2.45, 2.75) is 0 Å². The number of carbonyl (C=O) groups excluding carboxylic acids is 1. The molecule has 0 aromatic heterocycles. The lowest BCUT2D eigenvalue weighted by Crippen LogP contribution is -2.13. The second kappa shape index (κ2) is 5.36. The molecule has 0 saturated carbocycles. The second-order valence-electron chi connectivity index (χ2n) is 4.00. The standard InChI is InChI=1S/C14H9F2N3O/c15-10-6-9(2-3-12(10)18)14(20)19-13-4-1-8(7-17)5-11(13)16/h1-6H,18H2,(H,19,20). The van der Waals surface area contributed by atoms with E-state index in [1.54, 1.807) is 6.07 Å². The number of anilines is 2. The molecule has 1 amide bonds. The Morgan fingerprint density at radius 1 is 1.15 bits per heavy atom. The molecule has 0 bridgehead atoms. The van der Waals surface area contributed by atoms with Crippen LogP contribution in [0.4, 0.5) is 20.2 Å². The average Bonchev–Trinajstić information content (AvgIpc) is 2.43. The van der Waals surface area contributed by atoms with Gasteiger partial charge in [-0.05, 0) is 36.4 Å². The molecule has 20 heavy (non-hydrogen) atoms. The van der Waals surface area contributed by atoms with Crippen molar-refractivity contribution in [3.8, 4) is 6.07 Å². The molecule has 0 unspecified atom stereocenters. The molecule has 0 atom stereocenters. The summed E-state index contributed by atoms with van der Waals surface area (Å²) in [5.74, 6) is -2.14. The number of nitrogen functional groups attached to an aromatic ring is 1. The maximum absolute atomic E-state index is 13.6. The van der Waals surface area contributed by atoms with E-state index in [0.717, 1.165) is 12.1 Å². The van der Waals surface area contributed by atoms with Gasteiger partial charge in [-0.25, -0.2) is 8.78 Å². The summed E-state index contributed by atoms with van der Waals surface area (Å²) in [6.45, 7) is 0. The highest BCUT2D eigenvalue weighted by Gasteiger charge is 2.11. The fourth-order valence-electron chi connectivity index (χ4n) is 1.55. The molecule has 0 aliphatic rings. The van der Waals surface area contributed by atoms with Crippen LogP contribution in [-0.4, -0.2) is 5.91 Å². The first-order valence-corrected chi connectivity index (χ1v) is 5.57. The number of halogens is 2. The molecule has 2 aromatic rings. The van der Waals surface area contributed by atoms with E-state index in [0.29, 0.717) is 0 Å². The summed E-state index contributed by atoms with van der Waals surface area (Å²) in [5, 5.41) is 10.9. The minimum Gasteiger partial charge on any atom is -0.396 e. The van der Waals surface area contributed by atoms with Crippen LogP contribution in [0.5, 0.6) is 0 Å². The molecule has 0 radical (unpaired) electrons. The summed E-state index contributed by atoms with van der Waals surface area (Å²) in [6.07, 6.45) is 0. The molecule has 6 heteroatoms. The zero-order valence-electron chi connectivity index (χ0n) is 10.2. The fourth-order valence-corrected chi connectivity index (χ4v) is 1.55. The van der Waals surface area contributed by atoms with Crippen LogP contribution in [0.15, 0.2) is 36.4 Å². The Morgan fingerprint density at radius 3 is 2.50 bits per heavy atom. The Morgan fingerprint density at radius 2 is 1.90 bits per heavy atom. The molecular formula is C14H9F2N3O. The lowest BCUT2D eigenvalue weighted by atomic mass is 10.1. The Kier molecular flexibility index (Phi) is 3.62. The van der Waals surface area contributed by atoms with Crippen LogP contribution in [0.1, 0.15) is 15.9 Å². The van der Waals surface area contributed by atoms with E-state index in [1.807, 2.05) is 0 Å². The number of rotatable bonds is 2. The van der Waals surface area contributed by atoms with Gasteiger partial charge < -0.3 is 11.1 Å². The predicted molar refractivity (Wildman–Crippen MR) is 69.9 cm³/mol. The van der Waals surface area contributed by atoms with Crippen LogP contribution in [0.25, 0.3) is 0 Å². The van der Waals surface area contributed by atoms with Gasteiger partial charge in [0.2, 0.25) is 0 Å². The minimum absolute atomic E-state index is 0.0143. The van der Waals surface area contributed by atoms with Gasteiger partial charge in [-0.1, -0.05) is 0 Å². The van der Waals surface area contributed by atoms with Crippen molar-refractivity contribution in [3.05, 3.63) is 59.2 Å². The van der Waals surface area contributed by atoms with Crippen LogP contribution in [0.3, 0.4) is 0 Å². The van der Waals surface area contributed by atoms with Gasteiger partial charge in [-0.15, -0.1) is 0 Å². The van der Waals surface area contributed by atoms with Gasteiger partial charge in [0, 0.05) is 5.56 Å². The highest BCUT2D eigenvalue weighted by atomic mass is 19.1. The first kappa shape index (κ1) is 13.5. The lowest BCUT2D eigenvalue weighted by Gasteiger charge is -2.07. The van der Waals surface area contributed by atoms with Crippen molar-refractivity contribution >= 4 is 17.3 Å². The number of nitriles is 1. The van der Waals surface area contributed by atoms with Gasteiger partial charge in [0.1, 0.15) is 11.6 Å². The highest BCUT2D eigenvalue weighted by Crippen LogP contribution is 2.18. The van der Waals surface area contributed by atoms with E-state index in [-0.39, 0.29) is 22.5 Å². The smallest absolute Gasteiger partial charge is 0.255 e. The van der Waals surface area contributed by atoms with Gasteiger partial charge in [-0.2, -0.15) is 5.26 Å². The first-order valence-electron chi connectivity index (χ1n) is 5.57. The summed E-state index contributed by atoms with van der Waals surface area (Å²) in [6, 6.07) is 8.95. The van der Waals surface area contributed by atoms with Crippen molar-refractivity contribution in [2.75, 3.05) is 11.1 Å². The summed E-state index contributed by atoms with van der Waals surface area (Å²) in [4.78, 5) is 11.8. The van der Waals surface area contributed by atoms with Crippen molar-refractivity contribution in [1.82, 2.24) is 0 Å². The third-order valence-corrected chi connectivity index (χ3v) is 2.61. The number of nitrogens with zero attached hydrogens (tertiary/aromatic N) is 1. The van der Waals surface area contributed by atoms with E-state index in [1.165, 1.54) is 24.3 Å². The van der Waals surface area contributed by atoms with Crippen LogP contribution < -0.4 is 11.1 Å². The molecule has 4 nitrogen and oxygen atoms in total. The van der Waals surface area contributed by atoms with Crippen molar-refractivity contribution in [2.24, 2.45) is 0 Å². The van der Waals surface area contributed by atoms with Crippen LogP contribution in [0.2, 0.25) is 0 Å². The average molecular weight is 273 g/mol. The van der Waals surface area contributed by atoms with Gasteiger partial charge in [0.05, 0.1) is 23.0 Å². The fraction of sp³-hybridized carbons (Fsp3) is 0. The quantitative estimate of drug-likeness (QED) is 0.825. The molecular weight excluding hydrogens is 264 g/mol. The van der Waals surface area contributed by atoms with E-state index >= 15 is 0 Å². The second-order valence-corrected chi connectivity index (χ2v) is 4.00. The maximum Gasteiger partial charge on any atom is 0.255 e. The number of carbonyl (C=O) groups is 1. The normalized spacial score (nSPS) is 9.85. The minimum atomic E-state index is -0.742. The molecule has 3 N–H and O–H groups in total. The van der Waals surface area contributed by atoms with E-state index in [2.05, 4.69) is 5.32 Å². The number of nitrogens with two attached hydrogens (primary N) is 1. The van der Waals surface area contributed by atoms with Gasteiger partial charge in [0.15, 0.2) is 0 Å². The monoisotopic (exact) mass is 273 g/mol. The van der Waals surface area contributed by atoms with Gasteiger partial charge >= 0.3 is 0 Å². The highest BCUT2D eigenvalue weighted by molar-refractivity contribution is 6.04. The van der Waals surface area contributed by atoms with Crippen molar-refractivity contribution < 1.29 is 13.6 Å². The van der Waals surface area contributed by atoms with Crippen LogP contribution in [-0.2, 0) is 0 Å². The molecule has 2 aromatic carbocycles. The molecule has 0 heterocycles. The Balaban J connectivity index is 2.23. The third kappa shape index (κ3) is 2.72. The van der Waals surface area contributed by atoms with Crippen LogP contribution in [0, 0.1) is 23.0 Å². The Labute approximate surface area is 113 Å². The summed E-state index contributed by atoms with van der Waals surface area (Å²) < 4.78 is 26.8. The number of amides is 1. The Hall–Kier alpha value is -2.94. The summed E-state index contributed by atoms with van der Waals surface area (Å²) >= 11 is 0. The largest absolute Gasteiger partial charge is 0.396 e. The predicted octanol–water partition coefficient (Wildman–Crippen LogP) is 2.67. The SMILES string of the molecule is N#Cc1ccc(NC(=O)c2ccc(N)c(F)c2)c(F)c1. The Bertz CT molecular complexity index is 723. The molecule has 0 fully saturated rings. The molecule has 0 saturated heterocycles. The maximum atomic E-state index is 13.6. The first-order chi connectivity index (χ1) is 9.51. The number of nitrogens with one attached hydrogen (secondary N) is 1. The van der Waals surface area contributed by atoms with Crippen molar-refractivity contribution in [3.63, 3.8) is 0 Å². The number of hydrogen-bond acceptors (Lipinski definition) is 3. The number of hydrogen-bond donors (Lipinski definition) is 2. The van der Waals surface area contributed by atoms with Gasteiger partial charge in [0.25, 0.3) is 5.91 Å². The molecule has 0 aliphatic heterocycles. The summed E-state index contributed by atoms with van der Waals surface area (Å²) in [5.41, 5.74) is 5.28. The van der Waals surface area contributed by atoms with Crippen LogP contribution >= 0.6 is 0 Å². The molecule has 2 rings (SSSR count). The topological polar surface area (TPSA) is 78.9 Å². The van der Waals surface area contributed by atoms with E-state index in [9.17, 15) is 13.6 Å². The molecule has 0 spiro atoms. The van der Waals surface area contributed by atoms with E-state index in [4.69, 9.17) is 11.0 Å². The summed E-state index contributed by atoms with van der Waals surface area (Å²) in [7, 11) is 0. The molecule has 100 valence electrons. The van der Waals surface area contributed by atoms with Crippen molar-refractivity contribution in [1.29, 1.82) is 5.26 Å². The zero-order valence-corrected chi connectivity index (χ0v) is 10.2. The van der Waals surface area contributed by atoms with Gasteiger partial charge in [-0.3, -0.25) is 4.79 Å². The third-order valence-electron chi connectivity index (χ3n) is 2.61. The molecule has 0 aliphatic carbocycles. The van der Waals surface area contributed by atoms with E-state index < -0.39 is 17.5 Å². The number of benzene rings is 2.